The van der Waals surface area contributed by atoms with E-state index in [1.54, 1.807) is 0 Å². The van der Waals surface area contributed by atoms with E-state index in [0.717, 1.165) is 23.7 Å². The maximum Gasteiger partial charge on any atom is 0.417 e. The first-order chi connectivity index (χ1) is 21.2. The number of aryl methyl sites for hydroxylation is 1. The molecule has 1 aromatic carbocycles. The van der Waals surface area contributed by atoms with Crippen LogP contribution in [0.2, 0.25) is 0 Å². The number of carbonyl (C=O) groups excluding carboxylic acids is 1. The summed E-state index contributed by atoms with van der Waals surface area (Å²) in [4.78, 5) is 40.4. The van der Waals surface area contributed by atoms with Crippen LogP contribution in [-0.2, 0) is 18.0 Å². The molecule has 2 saturated heterocycles. The number of carbonyl (C=O) groups is 1. The van der Waals surface area contributed by atoms with Crippen LogP contribution in [0.15, 0.2) is 41.6 Å². The standard InChI is InChI=1S/C31H37F4N7O3/c1-6-39(4)21-7-8-41(16-21)27-11-25(32)22(20-12-36-30(37-13-20)42-14-18(2)45-19(3)15-42)9-26(27)38-29(44)23-17-40(5)28(43)10-24(23)31(33,34)35/h9-13,17-19,21H,6-8,14-16H2,1-5H3,(H,38,44)/t18-,19+,21-/m0/s1. The Bertz CT molecular complexity index is 1600. The average molecular weight is 632 g/mol. The predicted molar refractivity (Wildman–Crippen MR) is 163 cm³/mol. The van der Waals surface area contributed by atoms with Gasteiger partial charge in [-0.05, 0) is 46.0 Å². The Kier molecular flexibility index (Phi) is 9.17. The number of rotatable bonds is 7. The van der Waals surface area contributed by atoms with Crippen LogP contribution in [0, 0.1) is 5.82 Å². The van der Waals surface area contributed by atoms with E-state index in [1.165, 1.54) is 31.6 Å². The van der Waals surface area contributed by atoms with Gasteiger partial charge in [-0.15, -0.1) is 0 Å². The number of amides is 1. The highest BCUT2D eigenvalue weighted by atomic mass is 19.4. The van der Waals surface area contributed by atoms with Crippen LogP contribution in [-0.4, -0.2) is 83.4 Å². The second kappa shape index (κ2) is 12.8. The first kappa shape index (κ1) is 32.4. The minimum atomic E-state index is -4.95. The number of alkyl halides is 3. The van der Waals surface area contributed by atoms with E-state index < -0.39 is 34.6 Å². The predicted octanol–water partition coefficient (Wildman–Crippen LogP) is 4.40. The summed E-state index contributed by atoms with van der Waals surface area (Å²) in [6, 6.07) is 3.25. The SMILES string of the molecule is CCN(C)[C@H]1CCN(c2cc(F)c(-c3cnc(N4C[C@@H](C)O[C@@H](C)C4)nc3)cc2NC(=O)c2cn(C)c(=O)cc2C(F)(F)F)C1. The number of anilines is 3. The Morgan fingerprint density at radius 1 is 1.09 bits per heavy atom. The van der Waals surface area contributed by atoms with Crippen LogP contribution >= 0.6 is 0 Å². The minimum absolute atomic E-state index is 0.0135. The molecule has 0 radical (unpaired) electrons. The van der Waals surface area contributed by atoms with Crippen molar-refractivity contribution < 1.29 is 27.1 Å². The summed E-state index contributed by atoms with van der Waals surface area (Å²) < 4.78 is 64.1. The monoisotopic (exact) mass is 631 g/mol. The van der Waals surface area contributed by atoms with Crippen molar-refractivity contribution >= 4 is 23.2 Å². The molecule has 14 heteroatoms. The summed E-state index contributed by atoms with van der Waals surface area (Å²) in [5.74, 6) is -1.22. The zero-order chi connectivity index (χ0) is 32.6. The van der Waals surface area contributed by atoms with Crippen molar-refractivity contribution in [3.05, 3.63) is 64.1 Å². The summed E-state index contributed by atoms with van der Waals surface area (Å²) in [6.07, 6.45) is -0.373. The molecular weight excluding hydrogens is 594 g/mol. The van der Waals surface area contributed by atoms with Crippen LogP contribution in [0.4, 0.5) is 34.9 Å². The molecule has 0 spiro atoms. The molecule has 3 aromatic rings. The molecule has 0 bridgehead atoms. The van der Waals surface area contributed by atoms with E-state index in [2.05, 4.69) is 20.2 Å². The van der Waals surface area contributed by atoms with E-state index in [0.29, 0.717) is 49.4 Å². The molecule has 2 aliphatic rings. The van der Waals surface area contributed by atoms with Gasteiger partial charge in [0.2, 0.25) is 5.95 Å². The maximum absolute atomic E-state index is 15.8. The van der Waals surface area contributed by atoms with Gasteiger partial charge < -0.3 is 29.3 Å². The number of pyridine rings is 1. The van der Waals surface area contributed by atoms with Crippen LogP contribution in [0.3, 0.4) is 0 Å². The van der Waals surface area contributed by atoms with Gasteiger partial charge in [-0.25, -0.2) is 14.4 Å². The second-order valence-electron chi connectivity index (χ2n) is 11.7. The molecule has 10 nitrogen and oxygen atoms in total. The van der Waals surface area contributed by atoms with Gasteiger partial charge in [-0.2, -0.15) is 13.2 Å². The van der Waals surface area contributed by atoms with Gasteiger partial charge in [0, 0.05) is 75.1 Å². The Hall–Kier alpha value is -4.04. The lowest BCUT2D eigenvalue weighted by atomic mass is 10.0. The molecule has 242 valence electrons. The van der Waals surface area contributed by atoms with E-state index >= 15 is 4.39 Å². The Labute approximate surface area is 258 Å². The molecule has 0 aliphatic carbocycles. The van der Waals surface area contributed by atoms with Crippen molar-refractivity contribution in [2.45, 2.75) is 51.6 Å². The summed E-state index contributed by atoms with van der Waals surface area (Å²) in [6.45, 7) is 9.03. The van der Waals surface area contributed by atoms with Crippen LogP contribution in [0.25, 0.3) is 11.1 Å². The number of benzene rings is 1. The second-order valence-corrected chi connectivity index (χ2v) is 11.7. The van der Waals surface area contributed by atoms with Gasteiger partial charge in [0.1, 0.15) is 5.82 Å². The highest BCUT2D eigenvalue weighted by molar-refractivity contribution is 6.07. The number of morpholine rings is 1. The lowest BCUT2D eigenvalue weighted by molar-refractivity contribution is -0.138. The number of nitrogens with zero attached hydrogens (tertiary/aromatic N) is 6. The third-order valence-corrected chi connectivity index (χ3v) is 8.39. The van der Waals surface area contributed by atoms with Crippen molar-refractivity contribution in [1.82, 2.24) is 19.4 Å². The molecule has 5 rings (SSSR count). The lowest BCUT2D eigenvalue weighted by Crippen LogP contribution is -2.46. The van der Waals surface area contributed by atoms with Crippen LogP contribution in [0.5, 0.6) is 0 Å². The Balaban J connectivity index is 1.53. The minimum Gasteiger partial charge on any atom is -0.372 e. The highest BCUT2D eigenvalue weighted by Crippen LogP contribution is 2.37. The van der Waals surface area contributed by atoms with Crippen molar-refractivity contribution in [3.63, 3.8) is 0 Å². The third-order valence-electron chi connectivity index (χ3n) is 8.39. The summed E-state index contributed by atoms with van der Waals surface area (Å²) in [5, 5.41) is 2.59. The molecular formula is C31H37F4N7O3. The molecule has 2 aromatic heterocycles. The lowest BCUT2D eigenvalue weighted by Gasteiger charge is -2.35. The zero-order valence-electron chi connectivity index (χ0n) is 25.9. The molecule has 2 aliphatic heterocycles. The number of hydrogen-bond donors (Lipinski definition) is 1. The van der Waals surface area contributed by atoms with Crippen molar-refractivity contribution in [2.75, 3.05) is 54.9 Å². The summed E-state index contributed by atoms with van der Waals surface area (Å²) in [5.41, 5.74) is -2.13. The van der Waals surface area contributed by atoms with Gasteiger partial charge in [0.15, 0.2) is 0 Å². The molecule has 4 heterocycles. The first-order valence-corrected chi connectivity index (χ1v) is 14.9. The Morgan fingerprint density at radius 3 is 2.38 bits per heavy atom. The number of ether oxygens (including phenoxy) is 1. The average Bonchev–Trinajstić information content (AvgIpc) is 3.48. The molecule has 45 heavy (non-hydrogen) atoms. The van der Waals surface area contributed by atoms with E-state index in [-0.39, 0.29) is 29.5 Å². The molecule has 1 amide bonds. The fourth-order valence-electron chi connectivity index (χ4n) is 5.92. The largest absolute Gasteiger partial charge is 0.417 e. The number of aromatic nitrogens is 3. The van der Waals surface area contributed by atoms with Gasteiger partial charge in [-0.3, -0.25) is 9.59 Å². The fraction of sp³-hybridized carbons (Fsp3) is 0.484. The van der Waals surface area contributed by atoms with Gasteiger partial charge in [-0.1, -0.05) is 6.92 Å². The number of hydrogen-bond acceptors (Lipinski definition) is 8. The Morgan fingerprint density at radius 2 is 1.76 bits per heavy atom. The first-order valence-electron chi connectivity index (χ1n) is 14.9. The maximum atomic E-state index is 15.8. The fourth-order valence-corrected chi connectivity index (χ4v) is 5.92. The van der Waals surface area contributed by atoms with Gasteiger partial charge in [0.25, 0.3) is 11.5 Å². The smallest absolute Gasteiger partial charge is 0.372 e. The third kappa shape index (κ3) is 6.96. The van der Waals surface area contributed by atoms with E-state index in [1.807, 2.05) is 37.6 Å². The normalized spacial score (nSPS) is 20.6. The van der Waals surface area contributed by atoms with Crippen molar-refractivity contribution in [3.8, 4) is 11.1 Å². The van der Waals surface area contributed by atoms with Gasteiger partial charge >= 0.3 is 6.18 Å². The van der Waals surface area contributed by atoms with E-state index in [9.17, 15) is 22.8 Å². The topological polar surface area (TPSA) is 95.8 Å². The molecule has 3 atom stereocenters. The van der Waals surface area contributed by atoms with Crippen molar-refractivity contribution in [1.29, 1.82) is 0 Å². The number of halogens is 4. The van der Waals surface area contributed by atoms with Crippen molar-refractivity contribution in [2.24, 2.45) is 7.05 Å². The van der Waals surface area contributed by atoms with E-state index in [4.69, 9.17) is 4.74 Å². The van der Waals surface area contributed by atoms with Crippen LogP contribution < -0.4 is 20.7 Å². The number of nitrogens with one attached hydrogen (secondary N) is 1. The summed E-state index contributed by atoms with van der Waals surface area (Å²) in [7, 11) is 3.25. The quantitative estimate of drug-likeness (QED) is 0.384. The number of likely N-dealkylation sites (N-methyl/N-ethyl adjacent to an activating group) is 1. The molecule has 0 unspecified atom stereocenters. The van der Waals surface area contributed by atoms with Gasteiger partial charge in [0.05, 0.1) is 34.7 Å². The summed E-state index contributed by atoms with van der Waals surface area (Å²) >= 11 is 0. The van der Waals surface area contributed by atoms with Crippen LogP contribution in [0.1, 0.15) is 43.1 Å². The molecule has 2 fully saturated rings. The molecule has 0 saturated carbocycles. The molecule has 1 N–H and O–H groups in total. The zero-order valence-corrected chi connectivity index (χ0v) is 25.9. The highest BCUT2D eigenvalue weighted by Gasteiger charge is 2.37.